The summed E-state index contributed by atoms with van der Waals surface area (Å²) >= 11 is 4.63. The zero-order chi connectivity index (χ0) is 13.6. The maximum absolute atomic E-state index is 12.5. The van der Waals surface area contributed by atoms with Crippen LogP contribution in [0, 0.1) is 11.8 Å². The number of nitrogens with zero attached hydrogens (tertiary/aromatic N) is 2. The Bertz CT molecular complexity index is 533. The Balaban J connectivity index is 1.90. The van der Waals surface area contributed by atoms with Crippen LogP contribution in [0.3, 0.4) is 0 Å². The fourth-order valence-electron chi connectivity index (χ4n) is 3.34. The summed E-state index contributed by atoms with van der Waals surface area (Å²) in [5, 5.41) is 9.42. The third kappa shape index (κ3) is 2.08. The second-order valence-corrected chi connectivity index (χ2v) is 7.24. The van der Waals surface area contributed by atoms with Gasteiger partial charge in [0.05, 0.1) is 5.51 Å². The predicted molar refractivity (Wildman–Crippen MR) is 73.1 cm³/mol. The van der Waals surface area contributed by atoms with Gasteiger partial charge in [0.2, 0.25) is 0 Å². The van der Waals surface area contributed by atoms with E-state index in [9.17, 15) is 14.7 Å². The summed E-state index contributed by atoms with van der Waals surface area (Å²) in [5.74, 6) is -0.717. The molecule has 1 saturated carbocycles. The minimum Gasteiger partial charge on any atom is -0.480 e. The van der Waals surface area contributed by atoms with Gasteiger partial charge in [0, 0.05) is 6.54 Å². The van der Waals surface area contributed by atoms with Crippen LogP contribution in [0.25, 0.3) is 0 Å². The van der Waals surface area contributed by atoms with Crippen molar-refractivity contribution in [3.05, 3.63) is 15.0 Å². The van der Waals surface area contributed by atoms with Crippen molar-refractivity contribution in [3.63, 3.8) is 0 Å². The maximum atomic E-state index is 12.5. The van der Waals surface area contributed by atoms with Crippen molar-refractivity contribution < 1.29 is 14.7 Å². The number of fused-ring (bicyclic) bond motifs is 1. The minimum atomic E-state index is -0.894. The van der Waals surface area contributed by atoms with Gasteiger partial charge in [0.1, 0.15) is 9.83 Å². The fraction of sp³-hybridized carbons (Fsp3) is 0.583. The highest BCUT2D eigenvalue weighted by molar-refractivity contribution is 9.11. The Morgan fingerprint density at radius 3 is 2.89 bits per heavy atom. The standard InChI is InChI=1S/C12H13BrN2O3S/c13-10-8(14-5-19-10)11(16)15-4-6-2-1-3-7(6)9(15)12(17)18/h5-7,9H,1-4H2,(H,17,18)/t6-,7-,9+/m1/s1. The number of hydrogen-bond donors (Lipinski definition) is 1. The number of thiazole rings is 1. The molecule has 1 saturated heterocycles. The summed E-state index contributed by atoms with van der Waals surface area (Å²) in [7, 11) is 0. The largest absolute Gasteiger partial charge is 0.480 e. The second kappa shape index (κ2) is 4.86. The molecule has 0 aromatic carbocycles. The molecule has 1 N–H and O–H groups in total. The zero-order valence-corrected chi connectivity index (χ0v) is 12.5. The van der Waals surface area contributed by atoms with E-state index >= 15 is 0 Å². The van der Waals surface area contributed by atoms with Gasteiger partial charge in [-0.25, -0.2) is 9.78 Å². The number of amides is 1. The predicted octanol–water partition coefficient (Wildman–Crippen LogP) is 2.23. The lowest BCUT2D eigenvalue weighted by Gasteiger charge is -2.23. The normalized spacial score (nSPS) is 29.5. The number of aromatic nitrogens is 1. The Labute approximate surface area is 122 Å². The van der Waals surface area contributed by atoms with E-state index in [1.807, 2.05) is 0 Å². The lowest BCUT2D eigenvalue weighted by molar-refractivity contribution is -0.142. The second-order valence-electron chi connectivity index (χ2n) is 5.07. The van der Waals surface area contributed by atoms with Gasteiger partial charge in [-0.05, 0) is 40.6 Å². The molecule has 2 heterocycles. The Morgan fingerprint density at radius 2 is 2.26 bits per heavy atom. The lowest BCUT2D eigenvalue weighted by Crippen LogP contribution is -2.43. The number of carboxylic acid groups (broad SMARTS) is 1. The molecule has 7 heteroatoms. The number of carboxylic acids is 1. The molecule has 1 aliphatic carbocycles. The van der Waals surface area contributed by atoms with Gasteiger partial charge in [0.15, 0.2) is 5.69 Å². The number of rotatable bonds is 2. The minimum absolute atomic E-state index is 0.110. The first-order valence-electron chi connectivity index (χ1n) is 6.22. The SMILES string of the molecule is O=C(O)[C@@H]1[C@@H]2CCC[C@@H]2CN1C(=O)c1ncsc1Br. The molecular formula is C12H13BrN2O3S. The average Bonchev–Trinajstić information content (AvgIpc) is 3.00. The monoisotopic (exact) mass is 344 g/mol. The number of hydrogen-bond acceptors (Lipinski definition) is 4. The lowest BCUT2D eigenvalue weighted by atomic mass is 9.94. The van der Waals surface area contributed by atoms with Crippen LogP contribution in [-0.2, 0) is 4.79 Å². The molecule has 0 bridgehead atoms. The molecule has 5 nitrogen and oxygen atoms in total. The first-order chi connectivity index (χ1) is 9.09. The van der Waals surface area contributed by atoms with Crippen LogP contribution >= 0.6 is 27.3 Å². The number of aliphatic carboxylic acids is 1. The highest BCUT2D eigenvalue weighted by Gasteiger charge is 2.50. The Kier molecular flexibility index (Phi) is 3.34. The van der Waals surface area contributed by atoms with E-state index in [0.29, 0.717) is 21.9 Å². The number of likely N-dealkylation sites (tertiary alicyclic amines) is 1. The molecular weight excluding hydrogens is 332 g/mol. The first-order valence-corrected chi connectivity index (χ1v) is 7.89. The zero-order valence-electron chi connectivity index (χ0n) is 10.1. The summed E-state index contributed by atoms with van der Waals surface area (Å²) in [6.45, 7) is 0.546. The van der Waals surface area contributed by atoms with Gasteiger partial charge in [-0.15, -0.1) is 11.3 Å². The van der Waals surface area contributed by atoms with Crippen molar-refractivity contribution in [3.8, 4) is 0 Å². The van der Waals surface area contributed by atoms with E-state index in [0.717, 1.165) is 19.3 Å². The van der Waals surface area contributed by atoms with Gasteiger partial charge >= 0.3 is 5.97 Å². The van der Waals surface area contributed by atoms with E-state index in [2.05, 4.69) is 20.9 Å². The van der Waals surface area contributed by atoms with Crippen molar-refractivity contribution in [2.75, 3.05) is 6.54 Å². The van der Waals surface area contributed by atoms with E-state index in [1.165, 1.54) is 16.2 Å². The third-order valence-electron chi connectivity index (χ3n) is 4.13. The summed E-state index contributed by atoms with van der Waals surface area (Å²) in [4.78, 5) is 29.5. The van der Waals surface area contributed by atoms with Crippen molar-refractivity contribution >= 4 is 39.1 Å². The van der Waals surface area contributed by atoms with Crippen LogP contribution in [0.4, 0.5) is 0 Å². The van der Waals surface area contributed by atoms with Crippen LogP contribution in [0.5, 0.6) is 0 Å². The summed E-state index contributed by atoms with van der Waals surface area (Å²) in [6, 6.07) is -0.686. The average molecular weight is 345 g/mol. The molecule has 2 aliphatic rings. The summed E-state index contributed by atoms with van der Waals surface area (Å²) in [6.07, 6.45) is 3.00. The number of halogens is 1. The van der Waals surface area contributed by atoms with Crippen LogP contribution in [0.2, 0.25) is 0 Å². The quantitative estimate of drug-likeness (QED) is 0.892. The van der Waals surface area contributed by atoms with Crippen LogP contribution in [0.15, 0.2) is 9.30 Å². The molecule has 19 heavy (non-hydrogen) atoms. The van der Waals surface area contributed by atoms with Crippen LogP contribution < -0.4 is 0 Å². The van der Waals surface area contributed by atoms with E-state index in [1.54, 1.807) is 5.51 Å². The van der Waals surface area contributed by atoms with E-state index in [-0.39, 0.29) is 11.8 Å². The summed E-state index contributed by atoms with van der Waals surface area (Å²) in [5.41, 5.74) is 1.92. The van der Waals surface area contributed by atoms with Crippen LogP contribution in [-0.4, -0.2) is 39.5 Å². The highest BCUT2D eigenvalue weighted by Crippen LogP contribution is 2.43. The Hall–Kier alpha value is -0.950. The van der Waals surface area contributed by atoms with Crippen molar-refractivity contribution in [1.82, 2.24) is 9.88 Å². The first kappa shape index (κ1) is 13.1. The molecule has 102 valence electrons. The molecule has 0 radical (unpaired) electrons. The highest BCUT2D eigenvalue weighted by atomic mass is 79.9. The molecule has 1 aromatic rings. The molecule has 2 fully saturated rings. The Morgan fingerprint density at radius 1 is 1.47 bits per heavy atom. The van der Waals surface area contributed by atoms with Crippen LogP contribution in [0.1, 0.15) is 29.8 Å². The van der Waals surface area contributed by atoms with E-state index in [4.69, 9.17) is 0 Å². The fourth-order valence-corrected chi connectivity index (χ4v) is 4.36. The molecule has 3 atom stereocenters. The molecule has 1 amide bonds. The molecule has 0 spiro atoms. The molecule has 1 aromatic heterocycles. The number of carbonyl (C=O) groups is 2. The third-order valence-corrected chi connectivity index (χ3v) is 5.68. The van der Waals surface area contributed by atoms with E-state index < -0.39 is 12.0 Å². The maximum Gasteiger partial charge on any atom is 0.326 e. The van der Waals surface area contributed by atoms with Crippen molar-refractivity contribution in [2.45, 2.75) is 25.3 Å². The van der Waals surface area contributed by atoms with Gasteiger partial charge < -0.3 is 10.0 Å². The van der Waals surface area contributed by atoms with Crippen molar-refractivity contribution in [1.29, 1.82) is 0 Å². The molecule has 1 aliphatic heterocycles. The topological polar surface area (TPSA) is 70.5 Å². The smallest absolute Gasteiger partial charge is 0.326 e. The summed E-state index contributed by atoms with van der Waals surface area (Å²) < 4.78 is 0.665. The van der Waals surface area contributed by atoms with Gasteiger partial charge in [-0.2, -0.15) is 0 Å². The molecule has 0 unspecified atom stereocenters. The molecule has 3 rings (SSSR count). The number of carbonyl (C=O) groups excluding carboxylic acids is 1. The van der Waals surface area contributed by atoms with Gasteiger partial charge in [-0.3, -0.25) is 4.79 Å². The van der Waals surface area contributed by atoms with Crippen molar-refractivity contribution in [2.24, 2.45) is 11.8 Å². The van der Waals surface area contributed by atoms with Gasteiger partial charge in [0.25, 0.3) is 5.91 Å². The van der Waals surface area contributed by atoms with Gasteiger partial charge in [-0.1, -0.05) is 6.42 Å².